The van der Waals surface area contributed by atoms with Crippen LogP contribution in [0.1, 0.15) is 43.0 Å². The van der Waals surface area contributed by atoms with Gasteiger partial charge in [-0.3, -0.25) is 19.7 Å². The predicted octanol–water partition coefficient (Wildman–Crippen LogP) is 4.86. The van der Waals surface area contributed by atoms with Crippen LogP contribution in [-0.2, 0) is 4.79 Å². The molecule has 2 aliphatic heterocycles. The molecule has 1 N–H and O–H groups in total. The van der Waals surface area contributed by atoms with E-state index in [1.165, 1.54) is 6.07 Å². The summed E-state index contributed by atoms with van der Waals surface area (Å²) in [7, 11) is 0. The van der Waals surface area contributed by atoms with Crippen molar-refractivity contribution < 1.29 is 14.5 Å². The number of nitro groups is 1. The fourth-order valence-corrected chi connectivity index (χ4v) is 4.39. The Morgan fingerprint density at radius 3 is 2.56 bits per heavy atom. The molecule has 8 nitrogen and oxygen atoms in total. The molecule has 168 valence electrons. The van der Waals surface area contributed by atoms with Gasteiger partial charge in [0.05, 0.1) is 15.6 Å². The summed E-state index contributed by atoms with van der Waals surface area (Å²) in [4.78, 5) is 39.9. The molecule has 9 heteroatoms. The fourth-order valence-electron chi connectivity index (χ4n) is 4.22. The molecule has 2 aromatic carbocycles. The normalized spacial score (nSPS) is 17.0. The predicted molar refractivity (Wildman–Crippen MR) is 125 cm³/mol. The van der Waals surface area contributed by atoms with Gasteiger partial charge in [-0.25, -0.2) is 0 Å². The molecule has 2 aromatic rings. The zero-order valence-corrected chi connectivity index (χ0v) is 18.6. The smallest absolute Gasteiger partial charge is 0.293 e. The summed E-state index contributed by atoms with van der Waals surface area (Å²) in [6.45, 7) is 4.31. The van der Waals surface area contributed by atoms with E-state index in [1.807, 2.05) is 4.90 Å². The molecule has 4 rings (SSSR count). The number of carbonyl (C=O) groups is 2. The van der Waals surface area contributed by atoms with Crippen molar-refractivity contribution in [1.82, 2.24) is 0 Å². The van der Waals surface area contributed by atoms with Crippen molar-refractivity contribution in [3.63, 3.8) is 0 Å². The van der Waals surface area contributed by atoms with E-state index >= 15 is 0 Å². The lowest BCUT2D eigenvalue weighted by Gasteiger charge is -2.31. The number of piperidine rings is 1. The van der Waals surface area contributed by atoms with Crippen molar-refractivity contribution in [2.75, 3.05) is 34.8 Å². The second kappa shape index (κ2) is 9.16. The molecule has 32 heavy (non-hydrogen) atoms. The zero-order chi connectivity index (χ0) is 22.8. The second-order valence-electron chi connectivity index (χ2n) is 8.40. The first kappa shape index (κ1) is 22.1. The Labute approximate surface area is 191 Å². The molecule has 0 aliphatic carbocycles. The van der Waals surface area contributed by atoms with Crippen LogP contribution in [-0.4, -0.2) is 36.4 Å². The van der Waals surface area contributed by atoms with Crippen molar-refractivity contribution in [2.24, 2.45) is 5.92 Å². The van der Waals surface area contributed by atoms with Crippen molar-refractivity contribution in [3.05, 3.63) is 57.1 Å². The average Bonchev–Trinajstić information content (AvgIpc) is 3.21. The van der Waals surface area contributed by atoms with E-state index < -0.39 is 10.8 Å². The summed E-state index contributed by atoms with van der Waals surface area (Å²) in [5.74, 6) is 0.133. The van der Waals surface area contributed by atoms with Crippen molar-refractivity contribution >= 4 is 46.2 Å². The molecule has 0 unspecified atom stereocenters. The van der Waals surface area contributed by atoms with Gasteiger partial charge in [0.1, 0.15) is 5.69 Å². The minimum atomic E-state index is -0.501. The maximum atomic E-state index is 12.9. The van der Waals surface area contributed by atoms with E-state index in [2.05, 4.69) is 12.2 Å². The number of benzene rings is 2. The van der Waals surface area contributed by atoms with Crippen LogP contribution in [0.25, 0.3) is 0 Å². The molecule has 0 bridgehead atoms. The Kier molecular flexibility index (Phi) is 6.32. The summed E-state index contributed by atoms with van der Waals surface area (Å²) >= 11 is 6.26. The maximum Gasteiger partial charge on any atom is 0.293 e. The van der Waals surface area contributed by atoms with E-state index in [9.17, 15) is 19.7 Å². The number of carbonyl (C=O) groups excluding carboxylic acids is 2. The van der Waals surface area contributed by atoms with Gasteiger partial charge in [0, 0.05) is 43.4 Å². The largest absolute Gasteiger partial charge is 0.366 e. The first-order valence-electron chi connectivity index (χ1n) is 10.8. The Balaban J connectivity index is 1.56. The van der Waals surface area contributed by atoms with Crippen LogP contribution < -0.4 is 15.1 Å². The lowest BCUT2D eigenvalue weighted by atomic mass is 9.98. The van der Waals surface area contributed by atoms with Gasteiger partial charge in [0.2, 0.25) is 5.91 Å². The van der Waals surface area contributed by atoms with Crippen LogP contribution in [0.15, 0.2) is 36.4 Å². The van der Waals surface area contributed by atoms with Gasteiger partial charge >= 0.3 is 0 Å². The molecule has 0 saturated carbocycles. The molecule has 2 heterocycles. The highest BCUT2D eigenvalue weighted by Crippen LogP contribution is 2.34. The molecule has 0 aromatic heterocycles. The van der Waals surface area contributed by atoms with Gasteiger partial charge < -0.3 is 15.1 Å². The van der Waals surface area contributed by atoms with Gasteiger partial charge in [-0.15, -0.1) is 0 Å². The Morgan fingerprint density at radius 2 is 1.91 bits per heavy atom. The van der Waals surface area contributed by atoms with E-state index in [1.54, 1.807) is 35.2 Å². The quantitative estimate of drug-likeness (QED) is 0.511. The number of nitro benzene ring substituents is 1. The minimum absolute atomic E-state index is 0.0305. The van der Waals surface area contributed by atoms with Crippen molar-refractivity contribution in [3.8, 4) is 0 Å². The number of nitrogens with zero attached hydrogens (tertiary/aromatic N) is 3. The van der Waals surface area contributed by atoms with Gasteiger partial charge in [0.15, 0.2) is 0 Å². The SMILES string of the molecule is CC1CCN(c2ccc(C(=O)Nc3cc(N4CCCC4=O)ccc3Cl)cc2[N+](=O)[O-])CC1. The van der Waals surface area contributed by atoms with Crippen LogP contribution in [0.3, 0.4) is 0 Å². The molecule has 0 radical (unpaired) electrons. The summed E-state index contributed by atoms with van der Waals surface area (Å²) in [5.41, 5.74) is 1.63. The highest BCUT2D eigenvalue weighted by molar-refractivity contribution is 6.34. The van der Waals surface area contributed by atoms with Gasteiger partial charge in [0.25, 0.3) is 11.6 Å². The van der Waals surface area contributed by atoms with Crippen LogP contribution >= 0.6 is 11.6 Å². The number of rotatable bonds is 5. The van der Waals surface area contributed by atoms with Crippen LogP contribution in [0.5, 0.6) is 0 Å². The fraction of sp³-hybridized carbons (Fsp3) is 0.391. The third kappa shape index (κ3) is 4.55. The zero-order valence-electron chi connectivity index (χ0n) is 17.8. The molecule has 0 atom stereocenters. The molecule has 0 spiro atoms. The van der Waals surface area contributed by atoms with Crippen LogP contribution in [0.4, 0.5) is 22.7 Å². The lowest BCUT2D eigenvalue weighted by molar-refractivity contribution is -0.384. The summed E-state index contributed by atoms with van der Waals surface area (Å²) in [6, 6.07) is 9.56. The standard InChI is InChI=1S/C23H25ClN4O4/c1-15-8-11-26(12-9-15)20-7-4-16(13-21(20)28(31)32)23(30)25-19-14-17(5-6-18(19)24)27-10-2-3-22(27)29/h4-7,13-15H,2-3,8-12H2,1H3,(H,25,30). The van der Waals surface area contributed by atoms with Crippen molar-refractivity contribution in [1.29, 1.82) is 0 Å². The van der Waals surface area contributed by atoms with E-state index in [0.29, 0.717) is 41.0 Å². The molecule has 2 fully saturated rings. The van der Waals surface area contributed by atoms with E-state index in [4.69, 9.17) is 11.6 Å². The summed E-state index contributed by atoms with van der Waals surface area (Å²) in [5, 5.41) is 14.8. The Bertz CT molecular complexity index is 1070. The topological polar surface area (TPSA) is 95.8 Å². The molecule has 2 saturated heterocycles. The maximum absolute atomic E-state index is 12.9. The van der Waals surface area contributed by atoms with Crippen LogP contribution in [0, 0.1) is 16.0 Å². The van der Waals surface area contributed by atoms with Gasteiger partial charge in [-0.05, 0) is 55.5 Å². The molecule has 2 amide bonds. The van der Waals surface area contributed by atoms with Crippen molar-refractivity contribution in [2.45, 2.75) is 32.6 Å². The number of hydrogen-bond acceptors (Lipinski definition) is 5. The minimum Gasteiger partial charge on any atom is -0.366 e. The first-order chi connectivity index (χ1) is 15.3. The third-order valence-electron chi connectivity index (χ3n) is 6.14. The highest BCUT2D eigenvalue weighted by Gasteiger charge is 2.26. The van der Waals surface area contributed by atoms with Gasteiger partial charge in [-0.1, -0.05) is 18.5 Å². The lowest BCUT2D eigenvalue weighted by Crippen LogP contribution is -2.33. The summed E-state index contributed by atoms with van der Waals surface area (Å²) < 4.78 is 0. The Morgan fingerprint density at radius 1 is 1.16 bits per heavy atom. The van der Waals surface area contributed by atoms with Gasteiger partial charge in [-0.2, -0.15) is 0 Å². The molecular weight excluding hydrogens is 432 g/mol. The average molecular weight is 457 g/mol. The third-order valence-corrected chi connectivity index (χ3v) is 6.47. The Hall–Kier alpha value is -3.13. The van der Waals surface area contributed by atoms with E-state index in [-0.39, 0.29) is 17.2 Å². The second-order valence-corrected chi connectivity index (χ2v) is 8.80. The summed E-state index contributed by atoms with van der Waals surface area (Å²) in [6.07, 6.45) is 3.24. The molecule has 2 aliphatic rings. The molecular formula is C23H25ClN4O4. The van der Waals surface area contributed by atoms with E-state index in [0.717, 1.165) is 32.4 Å². The monoisotopic (exact) mass is 456 g/mol. The highest BCUT2D eigenvalue weighted by atomic mass is 35.5. The number of nitrogens with one attached hydrogen (secondary N) is 1. The number of hydrogen-bond donors (Lipinski definition) is 1. The van der Waals surface area contributed by atoms with Crippen LogP contribution in [0.2, 0.25) is 5.02 Å². The number of halogens is 1. The first-order valence-corrected chi connectivity index (χ1v) is 11.2. The number of anilines is 3. The number of amides is 2.